The van der Waals surface area contributed by atoms with Gasteiger partial charge >= 0.3 is 5.97 Å². The average Bonchev–Trinajstić information content (AvgIpc) is 2.76. The fraction of sp³-hybridized carbons (Fsp3) is 0.240. The van der Waals surface area contributed by atoms with Crippen LogP contribution in [0.5, 0.6) is 0 Å². The largest absolute Gasteiger partial charge is 0.466 e. The van der Waals surface area contributed by atoms with Gasteiger partial charge in [0.25, 0.3) is 0 Å². The fourth-order valence-electron chi connectivity index (χ4n) is 3.73. The zero-order valence-corrected chi connectivity index (χ0v) is 19.8. The minimum absolute atomic E-state index is 0. The van der Waals surface area contributed by atoms with Crippen LogP contribution >= 0.6 is 32.1 Å². The smallest absolute Gasteiger partial charge is 0.305 e. The van der Waals surface area contributed by atoms with Gasteiger partial charge in [0.15, 0.2) is 0 Å². The Morgan fingerprint density at radius 3 is 1.47 bits per heavy atom. The predicted molar refractivity (Wildman–Crippen MR) is 135 cm³/mol. The van der Waals surface area contributed by atoms with Crippen molar-refractivity contribution < 1.29 is 9.53 Å². The first-order valence-electron chi connectivity index (χ1n) is 9.98. The Bertz CT molecular complexity index is 761. The lowest BCUT2D eigenvalue weighted by Crippen LogP contribution is -2.33. The molecule has 3 aromatic rings. The molecule has 0 bridgehead atoms. The highest BCUT2D eigenvalue weighted by Crippen LogP contribution is 2.55. The molecule has 0 atom stereocenters. The molecule has 3 aromatic carbocycles. The molecule has 0 saturated heterocycles. The highest BCUT2D eigenvalue weighted by molar-refractivity contribution is 7.95. The molecule has 0 saturated carbocycles. The molecule has 3 rings (SSSR count). The Kier molecular flexibility index (Phi) is 11.7. The van der Waals surface area contributed by atoms with Crippen molar-refractivity contribution in [2.45, 2.75) is 26.2 Å². The number of unbranched alkanes of at least 4 members (excludes halogenated alkanes) is 1. The summed E-state index contributed by atoms with van der Waals surface area (Å²) in [4.78, 5) is 11.8. The van der Waals surface area contributed by atoms with E-state index in [2.05, 4.69) is 91.0 Å². The van der Waals surface area contributed by atoms with Crippen molar-refractivity contribution in [2.24, 2.45) is 0 Å². The molecule has 5 heteroatoms. The highest BCUT2D eigenvalue weighted by atomic mass is 35.5. The third kappa shape index (κ3) is 6.32. The molecule has 30 heavy (non-hydrogen) atoms. The van der Waals surface area contributed by atoms with Crippen LogP contribution in [-0.2, 0) is 9.53 Å². The number of carbonyl (C=O) groups excluding carboxylic acids is 1. The van der Waals surface area contributed by atoms with Crippen LogP contribution in [0.4, 0.5) is 0 Å². The van der Waals surface area contributed by atoms with Gasteiger partial charge in [0.1, 0.15) is 23.2 Å². The van der Waals surface area contributed by atoms with E-state index in [1.807, 2.05) is 6.92 Å². The monoisotopic (exact) mass is 463 g/mol. The molecule has 2 nitrogen and oxygen atoms in total. The molecule has 0 aromatic heterocycles. The van der Waals surface area contributed by atoms with E-state index in [4.69, 9.17) is 4.74 Å². The van der Waals surface area contributed by atoms with E-state index in [0.717, 1.165) is 19.0 Å². The zero-order chi connectivity index (χ0) is 19.7. The summed E-state index contributed by atoms with van der Waals surface area (Å²) in [7, 11) is -1.78. The molecule has 0 fully saturated rings. The van der Waals surface area contributed by atoms with Gasteiger partial charge in [0.2, 0.25) is 0 Å². The maximum Gasteiger partial charge on any atom is 0.305 e. The van der Waals surface area contributed by atoms with E-state index in [0.29, 0.717) is 13.0 Å². The first-order valence-corrected chi connectivity index (χ1v) is 12.0. The quantitative estimate of drug-likeness (QED) is 0.236. The summed E-state index contributed by atoms with van der Waals surface area (Å²) in [5.74, 6) is -0.0921. The zero-order valence-electron chi connectivity index (χ0n) is 17.3. The van der Waals surface area contributed by atoms with E-state index in [-0.39, 0.29) is 30.8 Å². The third-order valence-electron chi connectivity index (χ3n) is 5.02. The van der Waals surface area contributed by atoms with Gasteiger partial charge in [-0.25, -0.2) is 0 Å². The molecule has 0 aliphatic carbocycles. The van der Waals surface area contributed by atoms with Crippen molar-refractivity contribution in [1.29, 1.82) is 0 Å². The minimum atomic E-state index is -1.78. The van der Waals surface area contributed by atoms with E-state index in [9.17, 15) is 4.79 Å². The molecule has 0 spiro atoms. The first-order chi connectivity index (χ1) is 13.8. The molecule has 0 N–H and O–H groups in total. The lowest BCUT2D eigenvalue weighted by Gasteiger charge is -2.27. The second-order valence-electron chi connectivity index (χ2n) is 6.80. The summed E-state index contributed by atoms with van der Waals surface area (Å²) in [6.45, 7) is 2.31. The molecule has 0 aliphatic heterocycles. The normalized spacial score (nSPS) is 10.4. The maximum absolute atomic E-state index is 11.8. The van der Waals surface area contributed by atoms with Crippen LogP contribution < -0.4 is 15.9 Å². The Hall–Kier alpha value is -1.86. The van der Waals surface area contributed by atoms with Gasteiger partial charge in [-0.05, 0) is 56.2 Å². The number of ether oxygens (including phenoxy) is 1. The van der Waals surface area contributed by atoms with E-state index in [1.165, 1.54) is 15.9 Å². The van der Waals surface area contributed by atoms with Crippen LogP contribution in [0, 0.1) is 0 Å². The van der Waals surface area contributed by atoms with E-state index >= 15 is 0 Å². The number of esters is 1. The van der Waals surface area contributed by atoms with Crippen molar-refractivity contribution in [3.8, 4) is 0 Å². The van der Waals surface area contributed by atoms with Crippen LogP contribution in [0.1, 0.15) is 26.2 Å². The van der Waals surface area contributed by atoms with Crippen molar-refractivity contribution in [1.82, 2.24) is 0 Å². The Morgan fingerprint density at radius 2 is 1.10 bits per heavy atom. The van der Waals surface area contributed by atoms with Gasteiger partial charge < -0.3 is 4.74 Å². The van der Waals surface area contributed by atoms with Gasteiger partial charge in [-0.15, -0.1) is 24.8 Å². The Labute approximate surface area is 193 Å². The van der Waals surface area contributed by atoms with Crippen LogP contribution in [0.2, 0.25) is 0 Å². The second-order valence-corrected chi connectivity index (χ2v) is 10.4. The number of benzene rings is 3. The first kappa shape index (κ1) is 26.2. The molecule has 0 aliphatic rings. The van der Waals surface area contributed by atoms with Gasteiger partial charge in [-0.3, -0.25) is 4.79 Å². The van der Waals surface area contributed by atoms with Gasteiger partial charge in [-0.1, -0.05) is 54.6 Å². The highest BCUT2D eigenvalue weighted by Gasteiger charge is 2.44. The van der Waals surface area contributed by atoms with Crippen molar-refractivity contribution in [3.05, 3.63) is 91.0 Å². The number of hydrogen-bond acceptors (Lipinski definition) is 2. The van der Waals surface area contributed by atoms with Crippen LogP contribution in [0.15, 0.2) is 91.0 Å². The van der Waals surface area contributed by atoms with Crippen molar-refractivity contribution in [2.75, 3.05) is 12.8 Å². The molecule has 0 amide bonds. The minimum Gasteiger partial charge on any atom is -0.466 e. The standard InChI is InChI=1S/C25H28O2P.2ClH/c1-2-27-25(26)20-12-13-21-28(22-14-6-3-7-15-22,23-16-8-4-9-17-23)24-18-10-5-11-19-24;;/h3-11,14-19H,2,12-13,20-21H2,1H3;2*1H/q+1;;. The summed E-state index contributed by atoms with van der Waals surface area (Å²) < 4.78 is 5.10. The van der Waals surface area contributed by atoms with Gasteiger partial charge in [0.05, 0.1) is 12.8 Å². The summed E-state index contributed by atoms with van der Waals surface area (Å²) in [5, 5.41) is 4.18. The Balaban J connectivity index is 0.00000225. The lowest BCUT2D eigenvalue weighted by atomic mass is 10.2. The third-order valence-corrected chi connectivity index (χ3v) is 9.55. The fourth-order valence-corrected chi connectivity index (χ4v) is 8.14. The number of rotatable bonds is 9. The molecule has 0 radical (unpaired) electrons. The summed E-state index contributed by atoms with van der Waals surface area (Å²) in [6, 6.07) is 32.6. The van der Waals surface area contributed by atoms with E-state index < -0.39 is 7.26 Å². The number of hydrogen-bond donors (Lipinski definition) is 0. The van der Waals surface area contributed by atoms with Crippen LogP contribution in [0.3, 0.4) is 0 Å². The maximum atomic E-state index is 11.8. The van der Waals surface area contributed by atoms with E-state index in [1.54, 1.807) is 0 Å². The van der Waals surface area contributed by atoms with Crippen LogP contribution in [0.25, 0.3) is 0 Å². The molecular formula is C25H30Cl2O2P+. The van der Waals surface area contributed by atoms with Crippen molar-refractivity contribution in [3.63, 3.8) is 0 Å². The molecular weight excluding hydrogens is 434 g/mol. The summed E-state index contributed by atoms with van der Waals surface area (Å²) in [6.07, 6.45) is 3.38. The average molecular weight is 464 g/mol. The van der Waals surface area contributed by atoms with Gasteiger partial charge in [-0.2, -0.15) is 0 Å². The second kappa shape index (κ2) is 13.4. The predicted octanol–water partition coefficient (Wildman–Crippen LogP) is 5.56. The summed E-state index contributed by atoms with van der Waals surface area (Å²) in [5.41, 5.74) is 0. The SMILES string of the molecule is CCOC(=O)CCCC[P+](c1ccccc1)(c1ccccc1)c1ccccc1.Cl.Cl. The molecule has 160 valence electrons. The number of halogens is 2. The lowest BCUT2D eigenvalue weighted by molar-refractivity contribution is -0.143. The molecule has 0 heterocycles. The number of carbonyl (C=O) groups is 1. The molecule has 0 unspecified atom stereocenters. The van der Waals surface area contributed by atoms with Crippen LogP contribution in [-0.4, -0.2) is 18.7 Å². The summed E-state index contributed by atoms with van der Waals surface area (Å²) >= 11 is 0. The topological polar surface area (TPSA) is 26.3 Å². The van der Waals surface area contributed by atoms with Gasteiger partial charge in [0, 0.05) is 6.42 Å². The van der Waals surface area contributed by atoms with Crippen molar-refractivity contribution >= 4 is 54.0 Å². The Morgan fingerprint density at radius 1 is 0.700 bits per heavy atom.